The first kappa shape index (κ1) is 10.7. The van der Waals surface area contributed by atoms with Crippen LogP contribution in [0.5, 0.6) is 0 Å². The first-order valence-corrected chi connectivity index (χ1v) is 4.75. The second-order valence-corrected chi connectivity index (χ2v) is 3.10. The average Bonchev–Trinajstić information content (AvgIpc) is 2.59. The lowest BCUT2D eigenvalue weighted by molar-refractivity contribution is -0.137. The van der Waals surface area contributed by atoms with Gasteiger partial charge in [0.2, 0.25) is 5.89 Å². The van der Waals surface area contributed by atoms with Gasteiger partial charge in [-0.1, -0.05) is 18.5 Å². The van der Waals surface area contributed by atoms with Crippen LogP contribution in [-0.4, -0.2) is 21.2 Å². The quantitative estimate of drug-likeness (QED) is 0.748. The van der Waals surface area contributed by atoms with Crippen LogP contribution in [0.1, 0.15) is 37.9 Å². The van der Waals surface area contributed by atoms with Crippen molar-refractivity contribution in [1.29, 1.82) is 0 Å². The van der Waals surface area contributed by atoms with Crippen LogP contribution >= 0.6 is 0 Å². The Kier molecular flexibility index (Phi) is 4.10. The van der Waals surface area contributed by atoms with Crippen LogP contribution in [0.2, 0.25) is 0 Å². The number of carbonyl (C=O) groups is 1. The van der Waals surface area contributed by atoms with E-state index in [-0.39, 0.29) is 6.42 Å². The maximum absolute atomic E-state index is 10.3. The van der Waals surface area contributed by atoms with Gasteiger partial charge in [0, 0.05) is 12.8 Å². The molecule has 0 atom stereocenters. The molecule has 0 aliphatic carbocycles. The molecule has 0 fully saturated rings. The lowest BCUT2D eigenvalue weighted by Crippen LogP contribution is -1.97. The van der Waals surface area contributed by atoms with Gasteiger partial charge in [0.25, 0.3) is 0 Å². The number of aryl methyl sites for hydroxylation is 2. The predicted octanol–water partition coefficient (Wildman–Crippen LogP) is 1.43. The van der Waals surface area contributed by atoms with Crippen LogP contribution in [0.15, 0.2) is 4.52 Å². The molecule has 5 heteroatoms. The number of unbranched alkanes of at least 4 members (excludes halogenated alkanes) is 1. The summed E-state index contributed by atoms with van der Waals surface area (Å²) in [4.78, 5) is 14.3. The van der Waals surface area contributed by atoms with E-state index in [2.05, 4.69) is 17.1 Å². The molecule has 78 valence electrons. The maximum Gasteiger partial charge on any atom is 0.303 e. The predicted molar refractivity (Wildman–Crippen MR) is 48.9 cm³/mol. The highest BCUT2D eigenvalue weighted by atomic mass is 16.5. The molecule has 14 heavy (non-hydrogen) atoms. The summed E-state index contributed by atoms with van der Waals surface area (Å²) in [5.74, 6) is 0.240. The van der Waals surface area contributed by atoms with Crippen molar-refractivity contribution in [1.82, 2.24) is 10.1 Å². The largest absolute Gasteiger partial charge is 0.481 e. The monoisotopic (exact) mass is 198 g/mol. The number of hydrogen-bond acceptors (Lipinski definition) is 4. The summed E-state index contributed by atoms with van der Waals surface area (Å²) in [5.41, 5.74) is 0. The smallest absolute Gasteiger partial charge is 0.303 e. The van der Waals surface area contributed by atoms with E-state index in [1.807, 2.05) is 0 Å². The SMILES string of the molecule is CCCCc1noc(CCC(=O)O)n1. The molecule has 0 bridgehead atoms. The molecular formula is C9H14N2O3. The van der Waals surface area contributed by atoms with E-state index < -0.39 is 5.97 Å². The standard InChI is InChI=1S/C9H14N2O3/c1-2-3-4-7-10-8(14-11-7)5-6-9(12)13/h2-6H2,1H3,(H,12,13). The number of carboxylic acids is 1. The molecule has 1 rings (SSSR count). The summed E-state index contributed by atoms with van der Waals surface area (Å²) >= 11 is 0. The lowest BCUT2D eigenvalue weighted by atomic mass is 10.2. The van der Waals surface area contributed by atoms with Crippen LogP contribution in [0, 0.1) is 0 Å². The second kappa shape index (κ2) is 5.36. The summed E-state index contributed by atoms with van der Waals surface area (Å²) in [6.07, 6.45) is 3.26. The first-order chi connectivity index (χ1) is 6.72. The molecule has 0 aliphatic rings. The highest BCUT2D eigenvalue weighted by Crippen LogP contribution is 2.04. The molecule has 0 unspecified atom stereocenters. The zero-order chi connectivity index (χ0) is 10.4. The second-order valence-electron chi connectivity index (χ2n) is 3.10. The molecule has 0 amide bonds. The number of aromatic nitrogens is 2. The van der Waals surface area contributed by atoms with Gasteiger partial charge in [-0.2, -0.15) is 4.98 Å². The van der Waals surface area contributed by atoms with Crippen LogP contribution in [0.4, 0.5) is 0 Å². The van der Waals surface area contributed by atoms with Gasteiger partial charge in [-0.3, -0.25) is 4.79 Å². The fraction of sp³-hybridized carbons (Fsp3) is 0.667. The Hall–Kier alpha value is -1.39. The molecule has 0 saturated carbocycles. The third kappa shape index (κ3) is 3.55. The third-order valence-corrected chi connectivity index (χ3v) is 1.82. The number of hydrogen-bond donors (Lipinski definition) is 1. The van der Waals surface area contributed by atoms with Gasteiger partial charge < -0.3 is 9.63 Å². The van der Waals surface area contributed by atoms with Crippen molar-refractivity contribution in [2.24, 2.45) is 0 Å². The Morgan fingerprint density at radius 1 is 1.50 bits per heavy atom. The van der Waals surface area contributed by atoms with Crippen molar-refractivity contribution < 1.29 is 14.4 Å². The molecule has 0 spiro atoms. The first-order valence-electron chi connectivity index (χ1n) is 4.75. The molecule has 1 aromatic rings. The van der Waals surface area contributed by atoms with Gasteiger partial charge in [-0.15, -0.1) is 0 Å². The van der Waals surface area contributed by atoms with Gasteiger partial charge in [0.15, 0.2) is 5.82 Å². The number of nitrogens with zero attached hydrogens (tertiary/aromatic N) is 2. The van der Waals surface area contributed by atoms with E-state index in [0.29, 0.717) is 18.1 Å². The Bertz CT molecular complexity index is 296. The zero-order valence-corrected chi connectivity index (χ0v) is 8.19. The molecule has 0 aliphatic heterocycles. The normalized spacial score (nSPS) is 10.4. The summed E-state index contributed by atoms with van der Waals surface area (Å²) in [5, 5.41) is 12.2. The summed E-state index contributed by atoms with van der Waals surface area (Å²) in [6.45, 7) is 2.09. The Labute approximate surface area is 82.1 Å². The molecular weight excluding hydrogens is 184 g/mol. The minimum absolute atomic E-state index is 0.0371. The lowest BCUT2D eigenvalue weighted by Gasteiger charge is -1.88. The summed E-state index contributed by atoms with van der Waals surface area (Å²) in [7, 11) is 0. The van der Waals surface area contributed by atoms with Crippen molar-refractivity contribution in [2.75, 3.05) is 0 Å². The summed E-state index contributed by atoms with van der Waals surface area (Å²) in [6, 6.07) is 0. The maximum atomic E-state index is 10.3. The minimum Gasteiger partial charge on any atom is -0.481 e. The Morgan fingerprint density at radius 2 is 2.29 bits per heavy atom. The number of rotatable bonds is 6. The molecule has 1 N–H and O–H groups in total. The van der Waals surface area contributed by atoms with E-state index in [0.717, 1.165) is 19.3 Å². The molecule has 5 nitrogen and oxygen atoms in total. The topological polar surface area (TPSA) is 76.2 Å². The molecule has 1 heterocycles. The van der Waals surface area contributed by atoms with Crippen LogP contribution in [0.3, 0.4) is 0 Å². The van der Waals surface area contributed by atoms with E-state index in [1.165, 1.54) is 0 Å². The van der Waals surface area contributed by atoms with Gasteiger partial charge in [0.1, 0.15) is 0 Å². The van der Waals surface area contributed by atoms with Gasteiger partial charge in [0.05, 0.1) is 6.42 Å². The summed E-state index contributed by atoms with van der Waals surface area (Å²) < 4.78 is 4.89. The van der Waals surface area contributed by atoms with Crippen molar-refractivity contribution in [3.63, 3.8) is 0 Å². The van der Waals surface area contributed by atoms with Crippen LogP contribution in [-0.2, 0) is 17.6 Å². The van der Waals surface area contributed by atoms with Crippen molar-refractivity contribution >= 4 is 5.97 Å². The van der Waals surface area contributed by atoms with E-state index in [9.17, 15) is 4.79 Å². The van der Waals surface area contributed by atoms with Crippen LogP contribution < -0.4 is 0 Å². The zero-order valence-electron chi connectivity index (χ0n) is 8.19. The Balaban J connectivity index is 2.38. The number of carboxylic acid groups (broad SMARTS) is 1. The number of aliphatic carboxylic acids is 1. The van der Waals surface area contributed by atoms with Crippen LogP contribution in [0.25, 0.3) is 0 Å². The van der Waals surface area contributed by atoms with Crippen molar-refractivity contribution in [3.05, 3.63) is 11.7 Å². The molecule has 0 saturated heterocycles. The van der Waals surface area contributed by atoms with Crippen molar-refractivity contribution in [3.8, 4) is 0 Å². The fourth-order valence-electron chi connectivity index (χ4n) is 1.04. The van der Waals surface area contributed by atoms with Crippen molar-refractivity contribution in [2.45, 2.75) is 39.0 Å². The minimum atomic E-state index is -0.849. The third-order valence-electron chi connectivity index (χ3n) is 1.82. The Morgan fingerprint density at radius 3 is 2.93 bits per heavy atom. The molecule has 1 aromatic heterocycles. The van der Waals surface area contributed by atoms with E-state index in [1.54, 1.807) is 0 Å². The van der Waals surface area contributed by atoms with E-state index in [4.69, 9.17) is 9.63 Å². The molecule has 0 aromatic carbocycles. The van der Waals surface area contributed by atoms with Gasteiger partial charge >= 0.3 is 5.97 Å². The van der Waals surface area contributed by atoms with Gasteiger partial charge in [-0.25, -0.2) is 0 Å². The highest BCUT2D eigenvalue weighted by molar-refractivity contribution is 5.66. The van der Waals surface area contributed by atoms with E-state index >= 15 is 0 Å². The highest BCUT2D eigenvalue weighted by Gasteiger charge is 2.07. The van der Waals surface area contributed by atoms with Gasteiger partial charge in [-0.05, 0) is 6.42 Å². The fourth-order valence-corrected chi connectivity index (χ4v) is 1.04. The molecule has 0 radical (unpaired) electrons. The average molecular weight is 198 g/mol.